The quantitative estimate of drug-likeness (QED) is 0.195. The lowest BCUT2D eigenvalue weighted by atomic mass is 9.33. The molecule has 0 unspecified atom stereocenters. The smallest absolute Gasteiger partial charge is 0.312 e. The molecule has 244 valence electrons. The maximum Gasteiger partial charge on any atom is 0.312 e. The molecule has 6 rings (SSSR count). The zero-order valence-electron chi connectivity index (χ0n) is 29.2. The molecule has 0 aromatic heterocycles. The largest absolute Gasteiger partial charge is 0.452 e. The van der Waals surface area contributed by atoms with Crippen molar-refractivity contribution in [1.82, 2.24) is 9.80 Å². The normalized spacial score (nSPS) is 45.4. The van der Waals surface area contributed by atoms with Gasteiger partial charge in [0.05, 0.1) is 12.0 Å². The Morgan fingerprint density at radius 1 is 0.909 bits per heavy atom. The topological polar surface area (TPSA) is 49.9 Å². The minimum Gasteiger partial charge on any atom is -0.452 e. The number of ether oxygens (including phenoxy) is 1. The van der Waals surface area contributed by atoms with E-state index in [0.717, 1.165) is 77.7 Å². The molecular formula is C39H60N2O3. The lowest BCUT2D eigenvalue weighted by molar-refractivity contribution is -0.185. The third kappa shape index (κ3) is 4.87. The van der Waals surface area contributed by atoms with Gasteiger partial charge in [-0.2, -0.15) is 0 Å². The van der Waals surface area contributed by atoms with Gasteiger partial charge in [0.15, 0.2) is 6.61 Å². The first-order valence-corrected chi connectivity index (χ1v) is 17.9. The highest BCUT2D eigenvalue weighted by Crippen LogP contribution is 2.75. The Morgan fingerprint density at radius 2 is 1.61 bits per heavy atom. The summed E-state index contributed by atoms with van der Waals surface area (Å²) >= 11 is 0. The number of esters is 1. The molecule has 0 amide bonds. The van der Waals surface area contributed by atoms with Crippen LogP contribution in [0.4, 0.5) is 0 Å². The first-order valence-electron chi connectivity index (χ1n) is 17.9. The lowest BCUT2D eigenvalue weighted by Crippen LogP contribution is -2.64. The van der Waals surface area contributed by atoms with Crippen molar-refractivity contribution < 1.29 is 14.3 Å². The summed E-state index contributed by atoms with van der Waals surface area (Å²) in [7, 11) is 2.17. The average molecular weight is 605 g/mol. The van der Waals surface area contributed by atoms with Crippen LogP contribution in [0.15, 0.2) is 11.6 Å². The number of carbonyl (C=O) groups is 2. The van der Waals surface area contributed by atoms with E-state index >= 15 is 0 Å². The molecule has 0 spiro atoms. The number of nitrogens with zero attached hydrogens (tertiary/aromatic N) is 2. The van der Waals surface area contributed by atoms with Crippen LogP contribution in [0.2, 0.25) is 0 Å². The molecule has 0 N–H and O–H groups in total. The molecule has 5 fully saturated rings. The first kappa shape index (κ1) is 32.3. The predicted molar refractivity (Wildman–Crippen MR) is 177 cm³/mol. The second kappa shape index (κ2) is 11.0. The number of fused-ring (bicyclic) bond motifs is 7. The van der Waals surface area contributed by atoms with E-state index in [9.17, 15) is 9.59 Å². The van der Waals surface area contributed by atoms with Crippen molar-refractivity contribution in [2.75, 3.05) is 46.4 Å². The van der Waals surface area contributed by atoms with Gasteiger partial charge in [-0.3, -0.25) is 14.5 Å². The summed E-state index contributed by atoms with van der Waals surface area (Å²) in [5.41, 5.74) is 1.78. The molecular weight excluding hydrogens is 544 g/mol. The van der Waals surface area contributed by atoms with Crippen molar-refractivity contribution in [2.24, 2.45) is 50.2 Å². The molecule has 8 atom stereocenters. The Kier molecular flexibility index (Phi) is 8.06. The molecule has 6 aliphatic rings. The predicted octanol–water partition coefficient (Wildman–Crippen LogP) is 7.15. The van der Waals surface area contributed by atoms with Gasteiger partial charge in [0.25, 0.3) is 0 Å². The molecule has 1 heterocycles. The van der Waals surface area contributed by atoms with Gasteiger partial charge in [-0.05, 0) is 111 Å². The van der Waals surface area contributed by atoms with Crippen molar-refractivity contribution in [3.05, 3.63) is 11.6 Å². The standard InChI is InChI=1S/C39H60N2O3/c1-34(2)30-13-16-39(7)31(37(30,5)15-14-32(34)42)12-11-28-29-27-36(4,18-17-35(29,3)19-20-38(28,39)6)33(43)44-26-10-9-21-41-24-22-40(8)23-25-41/h11,29-31H,12-27H2,1-8H3/t29-,30-,31+,35+,36+,37-,38+,39+/m0/s1. The minimum atomic E-state index is -0.461. The molecule has 0 radical (unpaired) electrons. The van der Waals surface area contributed by atoms with Gasteiger partial charge < -0.3 is 9.64 Å². The molecule has 1 aliphatic heterocycles. The second-order valence-corrected chi connectivity index (χ2v) is 17.9. The molecule has 1 saturated heterocycles. The number of ketones is 1. The fraction of sp³-hybridized carbons (Fsp3) is 0.846. The fourth-order valence-electron chi connectivity index (χ4n) is 11.8. The summed E-state index contributed by atoms with van der Waals surface area (Å²) in [5, 5.41) is 0. The van der Waals surface area contributed by atoms with Crippen LogP contribution in [0.25, 0.3) is 0 Å². The van der Waals surface area contributed by atoms with Crippen LogP contribution in [-0.4, -0.2) is 67.9 Å². The number of likely N-dealkylation sites (N-methyl/N-ethyl adjacent to an activating group) is 1. The summed E-state index contributed by atoms with van der Waals surface area (Å²) in [4.78, 5) is 31.5. The Morgan fingerprint density at radius 3 is 2.34 bits per heavy atom. The van der Waals surface area contributed by atoms with Crippen molar-refractivity contribution in [3.63, 3.8) is 0 Å². The zero-order valence-corrected chi connectivity index (χ0v) is 29.2. The molecule has 4 saturated carbocycles. The third-order valence-electron chi connectivity index (χ3n) is 15.4. The number of rotatable bonds is 3. The van der Waals surface area contributed by atoms with Gasteiger partial charge in [-0.25, -0.2) is 0 Å². The van der Waals surface area contributed by atoms with E-state index in [4.69, 9.17) is 4.74 Å². The maximum absolute atomic E-state index is 13.7. The Labute approximate surface area is 268 Å². The van der Waals surface area contributed by atoms with Gasteiger partial charge in [-0.1, -0.05) is 65.0 Å². The molecule has 0 aromatic rings. The molecule has 0 aromatic carbocycles. The summed E-state index contributed by atoms with van der Waals surface area (Å²) < 4.78 is 5.88. The van der Waals surface area contributed by atoms with Crippen molar-refractivity contribution >= 4 is 11.8 Å². The van der Waals surface area contributed by atoms with Crippen LogP contribution >= 0.6 is 0 Å². The minimum absolute atomic E-state index is 0.0525. The number of hydrogen-bond acceptors (Lipinski definition) is 5. The van der Waals surface area contributed by atoms with Gasteiger partial charge in [0.2, 0.25) is 0 Å². The lowest BCUT2D eigenvalue weighted by Gasteiger charge is -2.70. The van der Waals surface area contributed by atoms with Crippen LogP contribution in [-0.2, 0) is 14.3 Å². The Hall–Kier alpha value is -1.64. The van der Waals surface area contributed by atoms with Crippen molar-refractivity contribution in [1.29, 1.82) is 0 Å². The second-order valence-electron chi connectivity index (χ2n) is 17.9. The van der Waals surface area contributed by atoms with Crippen LogP contribution in [0.1, 0.15) is 113 Å². The van der Waals surface area contributed by atoms with E-state index in [-0.39, 0.29) is 39.7 Å². The molecule has 44 heavy (non-hydrogen) atoms. The highest BCUT2D eigenvalue weighted by Gasteiger charge is 2.68. The van der Waals surface area contributed by atoms with E-state index < -0.39 is 5.41 Å². The highest BCUT2D eigenvalue weighted by molar-refractivity contribution is 5.85. The van der Waals surface area contributed by atoms with Crippen LogP contribution in [0.3, 0.4) is 0 Å². The van der Waals surface area contributed by atoms with Gasteiger partial charge in [0, 0.05) is 38.0 Å². The molecule has 0 bridgehead atoms. The average Bonchev–Trinajstić information content (AvgIpc) is 2.97. The SMILES string of the molecule is CN1CCN(CC#CCOC(=O)[C@]2(C)CC[C@]3(C)CC[C@]4(C)C(=CC[C@@H]5[C@@]6(C)CCC(=O)C(C)(C)[C@@H]6CC[C@]54C)[C@@H]3C2)CC1. The summed E-state index contributed by atoms with van der Waals surface area (Å²) in [6.07, 6.45) is 13.3. The third-order valence-corrected chi connectivity index (χ3v) is 15.4. The van der Waals surface area contributed by atoms with E-state index in [1.165, 1.54) is 19.3 Å². The van der Waals surface area contributed by atoms with Crippen LogP contribution in [0, 0.1) is 62.1 Å². The Bertz CT molecular complexity index is 1270. The van der Waals surface area contributed by atoms with E-state index in [2.05, 4.69) is 83.2 Å². The molecule has 5 nitrogen and oxygen atoms in total. The summed E-state index contributed by atoms with van der Waals surface area (Å²) in [6.45, 7) is 22.1. The molecule has 5 aliphatic carbocycles. The number of Topliss-reactive ketones (excluding diaryl/α,β-unsaturated/α-hetero) is 1. The van der Waals surface area contributed by atoms with Crippen molar-refractivity contribution in [3.8, 4) is 11.8 Å². The monoisotopic (exact) mass is 604 g/mol. The fourth-order valence-corrected chi connectivity index (χ4v) is 11.8. The highest BCUT2D eigenvalue weighted by atomic mass is 16.5. The first-order chi connectivity index (χ1) is 20.6. The maximum atomic E-state index is 13.7. The Balaban J connectivity index is 1.19. The van der Waals surface area contributed by atoms with Crippen LogP contribution in [0.5, 0.6) is 0 Å². The molecule has 5 heteroatoms. The number of carbonyl (C=O) groups excluding carboxylic acids is 2. The van der Waals surface area contributed by atoms with Gasteiger partial charge in [-0.15, -0.1) is 0 Å². The summed E-state index contributed by atoms with van der Waals surface area (Å²) in [6, 6.07) is 0. The number of hydrogen-bond donors (Lipinski definition) is 0. The van der Waals surface area contributed by atoms with E-state index in [1.807, 2.05) is 0 Å². The van der Waals surface area contributed by atoms with Gasteiger partial charge >= 0.3 is 5.97 Å². The van der Waals surface area contributed by atoms with Gasteiger partial charge in [0.1, 0.15) is 5.78 Å². The van der Waals surface area contributed by atoms with Crippen molar-refractivity contribution in [2.45, 2.75) is 113 Å². The number of piperazine rings is 1. The van der Waals surface area contributed by atoms with E-state index in [0.29, 0.717) is 23.5 Å². The van der Waals surface area contributed by atoms with Crippen LogP contribution < -0.4 is 0 Å². The van der Waals surface area contributed by atoms with E-state index in [1.54, 1.807) is 5.57 Å². The number of allylic oxidation sites excluding steroid dienone is 2. The zero-order chi connectivity index (χ0) is 31.8. The summed E-state index contributed by atoms with van der Waals surface area (Å²) in [5.74, 6) is 8.30.